The summed E-state index contributed by atoms with van der Waals surface area (Å²) in [6.45, 7) is 4.07. The van der Waals surface area contributed by atoms with Gasteiger partial charge in [0.15, 0.2) is 0 Å². The number of amides is 1. The molecule has 1 amide bonds. The largest absolute Gasteiger partial charge is 0.394 e. The third kappa shape index (κ3) is 45.7. The van der Waals surface area contributed by atoms with Crippen LogP contribution in [0, 0.1) is 0 Å². The highest BCUT2D eigenvalue weighted by atomic mass is 16.3. The predicted molar refractivity (Wildman–Crippen MR) is 279 cm³/mol. The monoisotopic (exact) mass is 902 g/mol. The van der Waals surface area contributed by atoms with Gasteiger partial charge in [-0.3, -0.25) is 4.79 Å². The van der Waals surface area contributed by atoms with Gasteiger partial charge in [0.1, 0.15) is 12.2 Å². The van der Waals surface area contributed by atoms with Gasteiger partial charge in [-0.1, -0.05) is 262 Å². The highest BCUT2D eigenvalue weighted by molar-refractivity contribution is 5.80. The third-order valence-corrected chi connectivity index (χ3v) is 13.3. The van der Waals surface area contributed by atoms with E-state index in [0.29, 0.717) is 12.8 Å². The summed E-state index contributed by atoms with van der Waals surface area (Å²) >= 11 is 0. The van der Waals surface area contributed by atoms with Crippen molar-refractivity contribution in [2.24, 2.45) is 0 Å². The zero-order valence-electron chi connectivity index (χ0n) is 42.8. The molecular weight excluding hydrogens is 791 g/mol. The number of aliphatic hydroxyl groups is 4. The second kappa shape index (κ2) is 52.5. The van der Waals surface area contributed by atoms with Crippen molar-refractivity contribution in [2.75, 3.05) is 6.61 Å². The van der Waals surface area contributed by atoms with Crippen LogP contribution in [0.4, 0.5) is 0 Å². The van der Waals surface area contributed by atoms with Gasteiger partial charge in [0.25, 0.3) is 0 Å². The Bertz CT molecular complexity index is 1010. The average molecular weight is 903 g/mol. The van der Waals surface area contributed by atoms with Crippen molar-refractivity contribution in [3.05, 3.63) is 36.5 Å². The highest BCUT2D eigenvalue weighted by Crippen LogP contribution is 2.17. The fourth-order valence-corrected chi connectivity index (χ4v) is 8.85. The molecule has 0 spiro atoms. The molecule has 0 saturated heterocycles. The molecule has 4 unspecified atom stereocenters. The standard InChI is InChI=1S/C58H111NO5/c1-3-5-7-9-11-13-15-17-19-21-23-25-27-28-29-30-32-33-35-37-39-41-43-45-47-49-51-55(61)57(63)54(53-60)59-58(64)56(62)52-50-48-46-44-42-40-38-36-34-31-26-24-22-20-18-16-14-12-10-8-6-4-2/h24,26,34,36,43,45,54-57,60-63H,3-23,25,27-33,35,37-42,44,46-53H2,1-2H3,(H,59,64)/b26-24-,36-34-,45-43+. The Morgan fingerprint density at radius 3 is 1.03 bits per heavy atom. The van der Waals surface area contributed by atoms with Crippen molar-refractivity contribution in [3.8, 4) is 0 Å². The summed E-state index contributed by atoms with van der Waals surface area (Å²) in [7, 11) is 0. The van der Waals surface area contributed by atoms with Gasteiger partial charge in [0, 0.05) is 0 Å². The van der Waals surface area contributed by atoms with Crippen molar-refractivity contribution in [1.82, 2.24) is 5.32 Å². The van der Waals surface area contributed by atoms with Crippen molar-refractivity contribution in [2.45, 2.75) is 321 Å². The van der Waals surface area contributed by atoms with E-state index >= 15 is 0 Å². The Morgan fingerprint density at radius 2 is 0.688 bits per heavy atom. The van der Waals surface area contributed by atoms with Gasteiger partial charge in [-0.25, -0.2) is 0 Å². The zero-order valence-corrected chi connectivity index (χ0v) is 42.8. The Hall–Kier alpha value is -1.47. The number of hydrogen-bond acceptors (Lipinski definition) is 5. The summed E-state index contributed by atoms with van der Waals surface area (Å²) < 4.78 is 0. The molecule has 0 saturated carbocycles. The minimum Gasteiger partial charge on any atom is -0.394 e. The molecule has 0 aliphatic rings. The third-order valence-electron chi connectivity index (χ3n) is 13.3. The molecule has 0 aliphatic carbocycles. The fraction of sp³-hybridized carbons (Fsp3) is 0.879. The van der Waals surface area contributed by atoms with E-state index in [1.54, 1.807) is 0 Å². The molecule has 6 nitrogen and oxygen atoms in total. The van der Waals surface area contributed by atoms with Crippen LogP contribution in [-0.4, -0.2) is 57.3 Å². The normalized spacial score (nSPS) is 14.0. The highest BCUT2D eigenvalue weighted by Gasteiger charge is 2.28. The first-order valence-corrected chi connectivity index (χ1v) is 28.4. The molecule has 378 valence electrons. The lowest BCUT2D eigenvalue weighted by Gasteiger charge is -2.27. The predicted octanol–water partition coefficient (Wildman–Crippen LogP) is 16.4. The van der Waals surface area contributed by atoms with E-state index in [4.69, 9.17) is 0 Å². The van der Waals surface area contributed by atoms with Crippen molar-refractivity contribution >= 4 is 5.91 Å². The summed E-state index contributed by atoms with van der Waals surface area (Å²) in [5.41, 5.74) is 0. The molecule has 6 heteroatoms. The number of allylic oxidation sites excluding steroid dienone is 6. The molecule has 0 radical (unpaired) electrons. The molecule has 5 N–H and O–H groups in total. The topological polar surface area (TPSA) is 110 Å². The number of rotatable bonds is 52. The van der Waals surface area contributed by atoms with Crippen LogP contribution in [0.15, 0.2) is 36.5 Å². The lowest BCUT2D eigenvalue weighted by molar-refractivity contribution is -0.132. The van der Waals surface area contributed by atoms with Crippen LogP contribution in [0.1, 0.15) is 296 Å². The number of unbranched alkanes of at least 4 members (excludes halogenated alkanes) is 37. The van der Waals surface area contributed by atoms with E-state index in [2.05, 4.69) is 55.6 Å². The van der Waals surface area contributed by atoms with Gasteiger partial charge < -0.3 is 25.7 Å². The summed E-state index contributed by atoms with van der Waals surface area (Å²) in [4.78, 5) is 12.6. The van der Waals surface area contributed by atoms with E-state index in [-0.39, 0.29) is 0 Å². The molecule has 0 heterocycles. The van der Waals surface area contributed by atoms with Gasteiger partial charge in [0.2, 0.25) is 5.91 Å². The van der Waals surface area contributed by atoms with E-state index in [1.165, 1.54) is 212 Å². The molecule has 0 bridgehead atoms. The number of nitrogens with one attached hydrogen (secondary N) is 1. The van der Waals surface area contributed by atoms with Gasteiger partial charge in [0.05, 0.1) is 18.8 Å². The van der Waals surface area contributed by atoms with E-state index < -0.39 is 36.9 Å². The maximum absolute atomic E-state index is 12.6. The van der Waals surface area contributed by atoms with E-state index in [1.807, 2.05) is 0 Å². The van der Waals surface area contributed by atoms with Crippen LogP contribution < -0.4 is 5.32 Å². The quantitative estimate of drug-likeness (QED) is 0.0309. The van der Waals surface area contributed by atoms with E-state index in [9.17, 15) is 25.2 Å². The second-order valence-electron chi connectivity index (χ2n) is 19.6. The number of aliphatic hydroxyl groups excluding tert-OH is 4. The zero-order chi connectivity index (χ0) is 46.7. The minimum atomic E-state index is -1.29. The van der Waals surface area contributed by atoms with Crippen LogP contribution in [0.5, 0.6) is 0 Å². The Balaban J connectivity index is 3.68. The van der Waals surface area contributed by atoms with Crippen LogP contribution >= 0.6 is 0 Å². The van der Waals surface area contributed by atoms with Crippen molar-refractivity contribution < 1.29 is 25.2 Å². The van der Waals surface area contributed by atoms with Crippen LogP contribution in [-0.2, 0) is 4.79 Å². The first kappa shape index (κ1) is 62.5. The molecule has 0 aromatic rings. The summed E-state index contributed by atoms with van der Waals surface area (Å²) in [5, 5.41) is 44.0. The molecule has 0 aromatic carbocycles. The minimum absolute atomic E-state index is 0.351. The SMILES string of the molecule is CCCCCCCCCCC/C=C\C/C=C\CCCCCCCCC(O)C(=O)NC(CO)C(O)C(O)CCC/C=C/CCCCCCCCCCCCCCCCCCCCCCC. The smallest absolute Gasteiger partial charge is 0.249 e. The molecule has 0 aromatic heterocycles. The van der Waals surface area contributed by atoms with Crippen molar-refractivity contribution in [1.29, 1.82) is 0 Å². The summed E-state index contributed by atoms with van der Waals surface area (Å²) in [6.07, 6.45) is 65.0. The van der Waals surface area contributed by atoms with Gasteiger partial charge in [-0.05, 0) is 70.6 Å². The molecule has 0 rings (SSSR count). The number of carbonyl (C=O) groups excluding carboxylic acids is 1. The van der Waals surface area contributed by atoms with Gasteiger partial charge in [-0.2, -0.15) is 0 Å². The number of hydrogen-bond donors (Lipinski definition) is 5. The Morgan fingerprint density at radius 1 is 0.391 bits per heavy atom. The molecule has 64 heavy (non-hydrogen) atoms. The lowest BCUT2D eigenvalue weighted by atomic mass is 10.00. The molecule has 0 fully saturated rings. The number of carbonyl (C=O) groups is 1. The second-order valence-corrected chi connectivity index (χ2v) is 19.6. The first-order valence-electron chi connectivity index (χ1n) is 28.4. The van der Waals surface area contributed by atoms with Crippen LogP contribution in [0.2, 0.25) is 0 Å². The average Bonchev–Trinajstić information content (AvgIpc) is 3.30. The fourth-order valence-electron chi connectivity index (χ4n) is 8.85. The Labute approximate surface area is 398 Å². The maximum atomic E-state index is 12.6. The first-order chi connectivity index (χ1) is 31.5. The van der Waals surface area contributed by atoms with Gasteiger partial charge >= 0.3 is 0 Å². The Kier molecular flexibility index (Phi) is 51.3. The van der Waals surface area contributed by atoms with E-state index in [0.717, 1.165) is 57.8 Å². The lowest BCUT2D eigenvalue weighted by Crippen LogP contribution is -2.53. The molecular formula is C58H111NO5. The van der Waals surface area contributed by atoms with Crippen LogP contribution in [0.3, 0.4) is 0 Å². The van der Waals surface area contributed by atoms with Gasteiger partial charge in [-0.15, -0.1) is 0 Å². The van der Waals surface area contributed by atoms with Crippen LogP contribution in [0.25, 0.3) is 0 Å². The summed E-state index contributed by atoms with van der Waals surface area (Å²) in [5.74, 6) is -0.599. The molecule has 4 atom stereocenters. The van der Waals surface area contributed by atoms with Crippen molar-refractivity contribution in [3.63, 3.8) is 0 Å². The molecule has 0 aliphatic heterocycles. The summed E-state index contributed by atoms with van der Waals surface area (Å²) in [6, 6.07) is -1.01. The maximum Gasteiger partial charge on any atom is 0.249 e.